The number of nitrogens with zero attached hydrogens (tertiary/aromatic N) is 1. The lowest BCUT2D eigenvalue weighted by molar-refractivity contribution is -0.136. The molecule has 0 N–H and O–H groups in total. The van der Waals surface area contributed by atoms with Gasteiger partial charge in [-0.05, 0) is 19.1 Å². The van der Waals surface area contributed by atoms with Crippen molar-refractivity contribution < 1.29 is 19.1 Å². The third-order valence-corrected chi connectivity index (χ3v) is 3.65. The quantitative estimate of drug-likeness (QED) is 0.476. The lowest BCUT2D eigenvalue weighted by Crippen LogP contribution is -2.25. The van der Waals surface area contributed by atoms with Gasteiger partial charge in [0, 0.05) is 17.8 Å². The number of benzene rings is 1. The van der Waals surface area contributed by atoms with Gasteiger partial charge in [0.05, 0.1) is 25.4 Å². The number of esters is 1. The van der Waals surface area contributed by atoms with Gasteiger partial charge in [0.2, 0.25) is 0 Å². The molecule has 0 aromatic heterocycles. The van der Waals surface area contributed by atoms with Crippen molar-refractivity contribution >= 4 is 18.0 Å². The number of hydrogen-bond acceptors (Lipinski definition) is 4. The fraction of sp³-hybridized carbons (Fsp3) is 0.222. The summed E-state index contributed by atoms with van der Waals surface area (Å²) in [7, 11) is 2.85. The molecule has 0 spiro atoms. The van der Waals surface area contributed by atoms with E-state index in [1.807, 2.05) is 18.2 Å². The molecule has 0 radical (unpaired) electrons. The summed E-state index contributed by atoms with van der Waals surface area (Å²) in [5.74, 6) is -0.172. The van der Waals surface area contributed by atoms with Crippen LogP contribution in [0.15, 0.2) is 53.8 Å². The van der Waals surface area contributed by atoms with Crippen LogP contribution in [-0.2, 0) is 14.3 Å². The fourth-order valence-electron chi connectivity index (χ4n) is 2.52. The number of amides is 1. The Kier molecular flexibility index (Phi) is 5.01. The first-order valence-corrected chi connectivity index (χ1v) is 7.12. The Balaban J connectivity index is 2.58. The molecule has 0 saturated heterocycles. The summed E-state index contributed by atoms with van der Waals surface area (Å²) >= 11 is 0. The van der Waals surface area contributed by atoms with Crippen LogP contribution in [0.1, 0.15) is 12.5 Å². The zero-order chi connectivity index (χ0) is 17.0. The largest absolute Gasteiger partial charge is 0.496 e. The first-order chi connectivity index (χ1) is 11.0. The summed E-state index contributed by atoms with van der Waals surface area (Å²) in [5, 5.41) is 0. The Morgan fingerprint density at radius 2 is 2.00 bits per heavy atom. The standard InChI is InChI=1S/C18H19NO4/c1-5-10-19-12(2)16(18(21)23-4)14(17(19)20)11-13-8-6-7-9-15(13)22-3/h5-9,11H,1,10H2,2-4H3/b14-11-. The number of para-hydroxylation sites is 1. The van der Waals surface area contributed by atoms with Gasteiger partial charge in [0.15, 0.2) is 0 Å². The molecule has 0 aliphatic carbocycles. The minimum absolute atomic E-state index is 0.256. The number of carbonyl (C=O) groups is 2. The fourth-order valence-corrected chi connectivity index (χ4v) is 2.52. The van der Waals surface area contributed by atoms with Crippen LogP contribution in [0.25, 0.3) is 6.08 Å². The zero-order valence-electron chi connectivity index (χ0n) is 13.5. The minimum Gasteiger partial charge on any atom is -0.496 e. The summed E-state index contributed by atoms with van der Waals surface area (Å²) in [6.45, 7) is 5.69. The lowest BCUT2D eigenvalue weighted by atomic mass is 10.0. The Morgan fingerprint density at radius 3 is 2.61 bits per heavy atom. The highest BCUT2D eigenvalue weighted by molar-refractivity contribution is 6.16. The normalized spacial score (nSPS) is 16.0. The second-order valence-corrected chi connectivity index (χ2v) is 4.96. The summed E-state index contributed by atoms with van der Waals surface area (Å²) < 4.78 is 10.1. The number of hydrogen-bond donors (Lipinski definition) is 0. The van der Waals surface area contributed by atoms with E-state index in [-0.39, 0.29) is 11.5 Å². The molecule has 1 aromatic carbocycles. The van der Waals surface area contributed by atoms with Crippen molar-refractivity contribution in [1.82, 2.24) is 4.90 Å². The van der Waals surface area contributed by atoms with E-state index in [0.717, 1.165) is 0 Å². The highest BCUT2D eigenvalue weighted by Crippen LogP contribution is 2.33. The Labute approximate surface area is 135 Å². The van der Waals surface area contributed by atoms with Gasteiger partial charge >= 0.3 is 5.97 Å². The van der Waals surface area contributed by atoms with Gasteiger partial charge in [-0.3, -0.25) is 4.79 Å². The zero-order valence-corrected chi connectivity index (χ0v) is 13.5. The van der Waals surface area contributed by atoms with E-state index in [9.17, 15) is 9.59 Å². The van der Waals surface area contributed by atoms with Gasteiger partial charge in [-0.15, -0.1) is 6.58 Å². The highest BCUT2D eigenvalue weighted by Gasteiger charge is 2.36. The van der Waals surface area contributed by atoms with Crippen molar-refractivity contribution in [3.05, 3.63) is 59.3 Å². The Morgan fingerprint density at radius 1 is 1.30 bits per heavy atom. The SMILES string of the molecule is C=CCN1C(=O)/C(=C\c2ccccc2OC)C(C(=O)OC)=C1C. The molecular weight excluding hydrogens is 294 g/mol. The second-order valence-electron chi connectivity index (χ2n) is 4.96. The molecule has 1 heterocycles. The van der Waals surface area contributed by atoms with Crippen molar-refractivity contribution in [3.8, 4) is 5.75 Å². The van der Waals surface area contributed by atoms with Crippen LogP contribution in [0, 0.1) is 0 Å². The van der Waals surface area contributed by atoms with Crippen molar-refractivity contribution in [2.75, 3.05) is 20.8 Å². The summed E-state index contributed by atoms with van der Waals surface area (Å²) in [4.78, 5) is 26.3. The number of methoxy groups -OCH3 is 2. The van der Waals surface area contributed by atoms with E-state index in [4.69, 9.17) is 9.47 Å². The topological polar surface area (TPSA) is 55.8 Å². The van der Waals surface area contributed by atoms with E-state index in [1.165, 1.54) is 12.0 Å². The van der Waals surface area contributed by atoms with E-state index in [0.29, 0.717) is 29.1 Å². The summed E-state index contributed by atoms with van der Waals surface area (Å²) in [5.41, 5.74) is 1.84. The Bertz CT molecular complexity index is 715. The monoisotopic (exact) mass is 313 g/mol. The molecule has 0 unspecified atom stereocenters. The first-order valence-electron chi connectivity index (χ1n) is 7.12. The van der Waals surface area contributed by atoms with Crippen LogP contribution in [0.3, 0.4) is 0 Å². The van der Waals surface area contributed by atoms with Crippen LogP contribution in [0.5, 0.6) is 5.75 Å². The molecule has 1 aliphatic heterocycles. The van der Waals surface area contributed by atoms with E-state index >= 15 is 0 Å². The predicted octanol–water partition coefficient (Wildman–Crippen LogP) is 2.55. The maximum atomic E-state index is 12.7. The minimum atomic E-state index is -0.538. The van der Waals surface area contributed by atoms with Crippen LogP contribution in [0.4, 0.5) is 0 Å². The predicted molar refractivity (Wildman–Crippen MR) is 87.6 cm³/mol. The van der Waals surface area contributed by atoms with E-state index in [2.05, 4.69) is 6.58 Å². The average Bonchev–Trinajstić information content (AvgIpc) is 2.79. The molecular formula is C18H19NO4. The molecule has 1 amide bonds. The Hall–Kier alpha value is -2.82. The molecule has 0 saturated carbocycles. The molecule has 0 fully saturated rings. The molecule has 2 rings (SSSR count). The van der Waals surface area contributed by atoms with E-state index in [1.54, 1.807) is 32.3 Å². The molecule has 1 aromatic rings. The van der Waals surface area contributed by atoms with Gasteiger partial charge in [0.25, 0.3) is 5.91 Å². The average molecular weight is 313 g/mol. The summed E-state index contributed by atoms with van der Waals surface area (Å²) in [6.07, 6.45) is 3.27. The number of rotatable bonds is 5. The summed E-state index contributed by atoms with van der Waals surface area (Å²) in [6, 6.07) is 7.29. The van der Waals surface area contributed by atoms with Gasteiger partial charge in [-0.2, -0.15) is 0 Å². The third kappa shape index (κ3) is 3.04. The van der Waals surface area contributed by atoms with Crippen molar-refractivity contribution in [2.45, 2.75) is 6.92 Å². The molecule has 1 aliphatic rings. The van der Waals surface area contributed by atoms with E-state index < -0.39 is 5.97 Å². The highest BCUT2D eigenvalue weighted by atomic mass is 16.5. The molecule has 5 nitrogen and oxygen atoms in total. The number of allylic oxidation sites excluding steroid dienone is 1. The third-order valence-electron chi connectivity index (χ3n) is 3.65. The van der Waals surface area contributed by atoms with Gasteiger partial charge < -0.3 is 14.4 Å². The maximum absolute atomic E-state index is 12.7. The van der Waals surface area contributed by atoms with Crippen LogP contribution >= 0.6 is 0 Å². The van der Waals surface area contributed by atoms with Crippen molar-refractivity contribution in [1.29, 1.82) is 0 Å². The van der Waals surface area contributed by atoms with Gasteiger partial charge in [-0.1, -0.05) is 24.3 Å². The van der Waals surface area contributed by atoms with Crippen LogP contribution in [-0.4, -0.2) is 37.5 Å². The van der Waals surface area contributed by atoms with Crippen LogP contribution in [0.2, 0.25) is 0 Å². The molecule has 0 bridgehead atoms. The van der Waals surface area contributed by atoms with Crippen LogP contribution < -0.4 is 4.74 Å². The van der Waals surface area contributed by atoms with Gasteiger partial charge in [-0.25, -0.2) is 4.79 Å². The molecule has 23 heavy (non-hydrogen) atoms. The number of ether oxygens (including phenoxy) is 2. The van der Waals surface area contributed by atoms with Crippen molar-refractivity contribution in [3.63, 3.8) is 0 Å². The smallest absolute Gasteiger partial charge is 0.340 e. The maximum Gasteiger partial charge on any atom is 0.340 e. The van der Waals surface area contributed by atoms with Gasteiger partial charge in [0.1, 0.15) is 5.75 Å². The lowest BCUT2D eigenvalue weighted by Gasteiger charge is -2.14. The first kappa shape index (κ1) is 16.5. The molecule has 5 heteroatoms. The molecule has 120 valence electrons. The number of carbonyl (C=O) groups excluding carboxylic acids is 2. The van der Waals surface area contributed by atoms with Crippen molar-refractivity contribution in [2.24, 2.45) is 0 Å². The molecule has 0 atom stereocenters. The second kappa shape index (κ2) is 6.96.